The van der Waals surface area contributed by atoms with Gasteiger partial charge in [0, 0.05) is 17.8 Å². The number of hydrazine groups is 1. The van der Waals surface area contributed by atoms with E-state index in [0.717, 1.165) is 6.92 Å². The van der Waals surface area contributed by atoms with E-state index in [1.807, 2.05) is 0 Å². The van der Waals surface area contributed by atoms with Crippen molar-refractivity contribution in [3.63, 3.8) is 0 Å². The van der Waals surface area contributed by atoms with E-state index in [1.54, 1.807) is 6.07 Å². The second kappa shape index (κ2) is 5.92. The van der Waals surface area contributed by atoms with Crippen molar-refractivity contribution in [2.75, 3.05) is 5.43 Å². The summed E-state index contributed by atoms with van der Waals surface area (Å²) < 4.78 is 41.8. The van der Waals surface area contributed by atoms with E-state index < -0.39 is 12.3 Å². The summed E-state index contributed by atoms with van der Waals surface area (Å²) in [5.74, 6) is 5.45. The summed E-state index contributed by atoms with van der Waals surface area (Å²) in [5.41, 5.74) is 3.44. The van der Waals surface area contributed by atoms with Crippen LogP contribution in [0.3, 0.4) is 0 Å². The lowest BCUT2D eigenvalue weighted by atomic mass is 10.2. The van der Waals surface area contributed by atoms with Crippen LogP contribution >= 0.6 is 0 Å². The molecular weight excluding hydrogens is 287 g/mol. The first-order chi connectivity index (χ1) is 9.90. The van der Waals surface area contributed by atoms with E-state index in [2.05, 4.69) is 20.4 Å². The molecular formula is C12H12F3N5O. The number of nitrogen functional groups attached to an aromatic ring is 1. The zero-order chi connectivity index (χ0) is 15.5. The Bertz CT molecular complexity index is 585. The predicted octanol–water partition coefficient (Wildman–Crippen LogP) is 2.15. The maximum Gasteiger partial charge on any atom is 0.425 e. The molecule has 0 bridgehead atoms. The van der Waals surface area contributed by atoms with Gasteiger partial charge in [-0.3, -0.25) is 4.98 Å². The molecule has 0 saturated heterocycles. The normalized spacial score (nSPS) is 12.8. The van der Waals surface area contributed by atoms with Crippen LogP contribution in [0.25, 0.3) is 11.3 Å². The van der Waals surface area contributed by atoms with Gasteiger partial charge in [-0.25, -0.2) is 15.8 Å². The Morgan fingerprint density at radius 2 is 1.90 bits per heavy atom. The van der Waals surface area contributed by atoms with E-state index >= 15 is 0 Å². The molecule has 0 aromatic carbocycles. The number of nitrogens with one attached hydrogen (secondary N) is 1. The highest BCUT2D eigenvalue weighted by atomic mass is 19.4. The van der Waals surface area contributed by atoms with Gasteiger partial charge in [-0.1, -0.05) is 0 Å². The van der Waals surface area contributed by atoms with Crippen molar-refractivity contribution in [2.24, 2.45) is 5.84 Å². The monoisotopic (exact) mass is 299 g/mol. The van der Waals surface area contributed by atoms with Crippen LogP contribution in [0.5, 0.6) is 5.88 Å². The number of ether oxygens (including phenoxy) is 1. The van der Waals surface area contributed by atoms with E-state index in [9.17, 15) is 13.2 Å². The van der Waals surface area contributed by atoms with Crippen LogP contribution in [0.15, 0.2) is 30.7 Å². The Kier molecular flexibility index (Phi) is 4.22. The van der Waals surface area contributed by atoms with Gasteiger partial charge in [0.2, 0.25) is 5.88 Å². The Balaban J connectivity index is 2.11. The Hall–Kier alpha value is -2.42. The fraction of sp³-hybridized carbons (Fsp3) is 0.250. The molecule has 0 fully saturated rings. The lowest BCUT2D eigenvalue weighted by Gasteiger charge is -2.16. The summed E-state index contributed by atoms with van der Waals surface area (Å²) in [5, 5.41) is 0. The Morgan fingerprint density at radius 1 is 1.14 bits per heavy atom. The van der Waals surface area contributed by atoms with Gasteiger partial charge >= 0.3 is 6.18 Å². The van der Waals surface area contributed by atoms with Crippen molar-refractivity contribution in [3.8, 4) is 17.1 Å². The number of pyridine rings is 1. The van der Waals surface area contributed by atoms with Gasteiger partial charge in [-0.15, -0.1) is 0 Å². The van der Waals surface area contributed by atoms with Crippen LogP contribution in [-0.4, -0.2) is 27.2 Å². The standard InChI is InChI=1S/C12H12F3N5O/c1-7(12(13,14)15)21-11-3-2-8(4-19-11)9-5-18-10(20-16)6-17-9/h2-7H,16H2,1H3,(H,18,20). The average Bonchev–Trinajstić information content (AvgIpc) is 2.47. The molecule has 2 aromatic heterocycles. The molecule has 0 radical (unpaired) electrons. The van der Waals surface area contributed by atoms with Crippen molar-refractivity contribution in [3.05, 3.63) is 30.7 Å². The van der Waals surface area contributed by atoms with Crippen LogP contribution in [0.4, 0.5) is 19.0 Å². The highest BCUT2D eigenvalue weighted by Crippen LogP contribution is 2.25. The molecule has 0 amide bonds. The summed E-state index contributed by atoms with van der Waals surface area (Å²) in [6.07, 6.45) is -2.11. The number of alkyl halides is 3. The van der Waals surface area contributed by atoms with E-state index in [4.69, 9.17) is 10.6 Å². The summed E-state index contributed by atoms with van der Waals surface area (Å²) >= 11 is 0. The molecule has 2 heterocycles. The number of hydrogen-bond donors (Lipinski definition) is 2. The summed E-state index contributed by atoms with van der Waals surface area (Å²) in [7, 11) is 0. The van der Waals surface area contributed by atoms with Crippen LogP contribution in [-0.2, 0) is 0 Å². The molecule has 2 aromatic rings. The summed E-state index contributed by atoms with van der Waals surface area (Å²) in [6.45, 7) is 0.916. The maximum atomic E-state index is 12.4. The van der Waals surface area contributed by atoms with E-state index in [-0.39, 0.29) is 5.88 Å². The number of hydrogen-bond acceptors (Lipinski definition) is 6. The van der Waals surface area contributed by atoms with Crippen molar-refractivity contribution in [1.29, 1.82) is 0 Å². The molecule has 1 atom stereocenters. The molecule has 6 nitrogen and oxygen atoms in total. The molecule has 112 valence electrons. The zero-order valence-corrected chi connectivity index (χ0v) is 10.9. The fourth-order valence-corrected chi connectivity index (χ4v) is 1.40. The second-order valence-corrected chi connectivity index (χ2v) is 4.12. The third-order valence-corrected chi connectivity index (χ3v) is 2.59. The van der Waals surface area contributed by atoms with Crippen molar-refractivity contribution < 1.29 is 17.9 Å². The number of rotatable bonds is 4. The number of halogens is 3. The number of anilines is 1. The SMILES string of the molecule is CC(Oc1ccc(-c2cnc(NN)cn2)cn1)C(F)(F)F. The number of aromatic nitrogens is 3. The Morgan fingerprint density at radius 3 is 2.38 bits per heavy atom. The smallest absolute Gasteiger partial charge is 0.425 e. The predicted molar refractivity (Wildman–Crippen MR) is 69.2 cm³/mol. The molecule has 0 spiro atoms. The van der Waals surface area contributed by atoms with Crippen molar-refractivity contribution in [2.45, 2.75) is 19.2 Å². The first-order valence-electron chi connectivity index (χ1n) is 5.88. The van der Waals surface area contributed by atoms with E-state index in [1.165, 1.54) is 24.7 Å². The molecule has 0 saturated carbocycles. The third kappa shape index (κ3) is 3.78. The molecule has 2 rings (SSSR count). The molecule has 3 N–H and O–H groups in total. The summed E-state index contributed by atoms with van der Waals surface area (Å²) in [4.78, 5) is 11.9. The minimum atomic E-state index is -4.43. The molecule has 0 aliphatic carbocycles. The Labute approximate surface area is 118 Å². The molecule has 21 heavy (non-hydrogen) atoms. The van der Waals surface area contributed by atoms with Crippen molar-refractivity contribution in [1.82, 2.24) is 15.0 Å². The van der Waals surface area contributed by atoms with Gasteiger partial charge in [-0.2, -0.15) is 13.2 Å². The van der Waals surface area contributed by atoms with Crippen LogP contribution in [0, 0.1) is 0 Å². The first-order valence-corrected chi connectivity index (χ1v) is 5.88. The van der Waals surface area contributed by atoms with Gasteiger partial charge < -0.3 is 10.2 Å². The maximum absolute atomic E-state index is 12.4. The lowest BCUT2D eigenvalue weighted by Crippen LogP contribution is -2.31. The average molecular weight is 299 g/mol. The molecule has 1 unspecified atom stereocenters. The minimum Gasteiger partial charge on any atom is -0.465 e. The highest BCUT2D eigenvalue weighted by Gasteiger charge is 2.38. The number of nitrogens with two attached hydrogens (primary N) is 1. The second-order valence-electron chi connectivity index (χ2n) is 4.12. The molecule has 0 aliphatic heterocycles. The fourth-order valence-electron chi connectivity index (χ4n) is 1.40. The van der Waals surface area contributed by atoms with Crippen molar-refractivity contribution >= 4 is 5.82 Å². The molecule has 9 heteroatoms. The molecule has 0 aliphatic rings. The van der Waals surface area contributed by atoms with Crippen LogP contribution in [0.2, 0.25) is 0 Å². The third-order valence-electron chi connectivity index (χ3n) is 2.59. The number of nitrogens with zero attached hydrogens (tertiary/aromatic N) is 3. The van der Waals surface area contributed by atoms with Gasteiger partial charge in [0.15, 0.2) is 11.9 Å². The first kappa shape index (κ1) is 15.0. The largest absolute Gasteiger partial charge is 0.465 e. The minimum absolute atomic E-state index is 0.114. The van der Waals surface area contributed by atoms with Crippen LogP contribution in [0.1, 0.15) is 6.92 Å². The van der Waals surface area contributed by atoms with E-state index in [0.29, 0.717) is 17.1 Å². The van der Waals surface area contributed by atoms with Gasteiger partial charge in [0.25, 0.3) is 0 Å². The van der Waals surface area contributed by atoms with Gasteiger partial charge in [0.05, 0.1) is 18.1 Å². The summed E-state index contributed by atoms with van der Waals surface area (Å²) in [6, 6.07) is 2.89. The van der Waals surface area contributed by atoms with Gasteiger partial charge in [0.1, 0.15) is 0 Å². The van der Waals surface area contributed by atoms with Gasteiger partial charge in [-0.05, 0) is 13.0 Å². The quantitative estimate of drug-likeness (QED) is 0.664. The van der Waals surface area contributed by atoms with Crippen LogP contribution < -0.4 is 16.0 Å². The lowest BCUT2D eigenvalue weighted by molar-refractivity contribution is -0.189. The zero-order valence-electron chi connectivity index (χ0n) is 10.9. The highest BCUT2D eigenvalue weighted by molar-refractivity contribution is 5.57. The topological polar surface area (TPSA) is 86.0 Å².